The Bertz CT molecular complexity index is 903. The number of rotatable bonds is 4. The van der Waals surface area contributed by atoms with Crippen molar-refractivity contribution in [3.05, 3.63) is 23.7 Å². The maximum Gasteiger partial charge on any atom is 0.303 e. The van der Waals surface area contributed by atoms with E-state index >= 15 is 0 Å². The molecule has 3 aliphatic rings. The summed E-state index contributed by atoms with van der Waals surface area (Å²) in [7, 11) is 0. The monoisotopic (exact) mass is 432 g/mol. The molecule has 0 aliphatic heterocycles. The molecule has 3 aliphatic carbocycles. The first-order valence-corrected chi connectivity index (χ1v) is 11.1. The van der Waals surface area contributed by atoms with Crippen LogP contribution in [0.2, 0.25) is 0 Å². The second kappa shape index (κ2) is 7.47. The number of ether oxygens (including phenoxy) is 2. The Morgan fingerprint density at radius 3 is 2.55 bits per heavy atom. The van der Waals surface area contributed by atoms with Crippen LogP contribution in [0.5, 0.6) is 0 Å². The number of esters is 2. The predicted molar refractivity (Wildman–Crippen MR) is 110 cm³/mol. The van der Waals surface area contributed by atoms with Gasteiger partial charge in [-0.3, -0.25) is 14.4 Å². The Kier molecular flexibility index (Phi) is 5.31. The van der Waals surface area contributed by atoms with Crippen molar-refractivity contribution >= 4 is 17.7 Å². The average Bonchev–Trinajstić information content (AvgIpc) is 3.19. The highest BCUT2D eigenvalue weighted by Gasteiger charge is 2.67. The van der Waals surface area contributed by atoms with Gasteiger partial charge in [-0.1, -0.05) is 13.8 Å². The third-order valence-electron chi connectivity index (χ3n) is 8.51. The number of furan rings is 1. The minimum absolute atomic E-state index is 0.00522. The van der Waals surface area contributed by atoms with Gasteiger partial charge in [-0.2, -0.15) is 0 Å². The first-order chi connectivity index (χ1) is 14.6. The Labute approximate surface area is 182 Å². The number of hydrogen-bond donors (Lipinski definition) is 1. The lowest BCUT2D eigenvalue weighted by molar-refractivity contribution is -0.206. The molecule has 1 N–H and O–H groups in total. The van der Waals surface area contributed by atoms with E-state index in [-0.39, 0.29) is 37.3 Å². The minimum Gasteiger partial charge on any atom is -0.472 e. The van der Waals surface area contributed by atoms with Crippen molar-refractivity contribution in [2.45, 2.75) is 71.3 Å². The second-order valence-electron chi connectivity index (χ2n) is 10.2. The number of carbonyl (C=O) groups excluding carboxylic acids is 3. The van der Waals surface area contributed by atoms with Gasteiger partial charge in [-0.25, -0.2) is 0 Å². The van der Waals surface area contributed by atoms with E-state index in [1.807, 2.05) is 6.92 Å². The SMILES string of the molecule is CC(=O)OC[C@]1(C)C2CC[C@@]3(CO)c4cocc4CCC3[C@@]2(C)CC(=O)[C@@H]1OC(C)=O. The highest BCUT2D eigenvalue weighted by Crippen LogP contribution is 2.66. The molecule has 1 aromatic heterocycles. The van der Waals surface area contributed by atoms with E-state index < -0.39 is 34.3 Å². The number of hydrogen-bond acceptors (Lipinski definition) is 7. The maximum atomic E-state index is 13.4. The van der Waals surface area contributed by atoms with Crippen molar-refractivity contribution in [3.8, 4) is 0 Å². The molecule has 0 saturated heterocycles. The Morgan fingerprint density at radius 1 is 1.16 bits per heavy atom. The van der Waals surface area contributed by atoms with E-state index in [1.165, 1.54) is 13.8 Å². The van der Waals surface area contributed by atoms with Crippen LogP contribution in [0.25, 0.3) is 0 Å². The van der Waals surface area contributed by atoms with E-state index in [0.29, 0.717) is 0 Å². The van der Waals surface area contributed by atoms with E-state index in [2.05, 4.69) is 6.92 Å². The van der Waals surface area contributed by atoms with Crippen LogP contribution in [0.1, 0.15) is 64.5 Å². The summed E-state index contributed by atoms with van der Waals surface area (Å²) in [4.78, 5) is 36.9. The van der Waals surface area contributed by atoms with Gasteiger partial charge in [-0.05, 0) is 48.5 Å². The molecular formula is C24H32O7. The van der Waals surface area contributed by atoms with Gasteiger partial charge in [0, 0.05) is 36.7 Å². The first-order valence-electron chi connectivity index (χ1n) is 11.1. The van der Waals surface area contributed by atoms with Crippen molar-refractivity contribution in [1.29, 1.82) is 0 Å². The first kappa shape index (κ1) is 22.1. The molecule has 0 bridgehead atoms. The van der Waals surface area contributed by atoms with Crippen molar-refractivity contribution in [2.75, 3.05) is 13.2 Å². The molecule has 170 valence electrons. The molecule has 4 rings (SSSR count). The fourth-order valence-electron chi connectivity index (χ4n) is 7.38. The van der Waals surface area contributed by atoms with Crippen LogP contribution in [0.3, 0.4) is 0 Å². The average molecular weight is 433 g/mol. The molecule has 2 fully saturated rings. The fraction of sp³-hybridized carbons (Fsp3) is 0.708. The highest BCUT2D eigenvalue weighted by atomic mass is 16.6. The smallest absolute Gasteiger partial charge is 0.303 e. The van der Waals surface area contributed by atoms with Gasteiger partial charge < -0.3 is 19.0 Å². The van der Waals surface area contributed by atoms with Gasteiger partial charge in [0.25, 0.3) is 0 Å². The summed E-state index contributed by atoms with van der Waals surface area (Å²) in [6.07, 6.45) is 5.98. The quantitative estimate of drug-likeness (QED) is 0.730. The highest BCUT2D eigenvalue weighted by molar-refractivity contribution is 5.88. The van der Waals surface area contributed by atoms with Crippen LogP contribution in [0.4, 0.5) is 0 Å². The molecule has 1 aromatic rings. The number of aryl methyl sites for hydroxylation is 1. The predicted octanol–water partition coefficient (Wildman–Crippen LogP) is 2.96. The van der Waals surface area contributed by atoms with Crippen molar-refractivity contribution < 1.29 is 33.4 Å². The number of ketones is 1. The lowest BCUT2D eigenvalue weighted by Gasteiger charge is -2.64. The van der Waals surface area contributed by atoms with Gasteiger partial charge in [0.05, 0.1) is 19.1 Å². The van der Waals surface area contributed by atoms with Crippen LogP contribution >= 0.6 is 0 Å². The molecule has 7 heteroatoms. The number of carbonyl (C=O) groups is 3. The van der Waals surface area contributed by atoms with Crippen molar-refractivity contribution in [3.63, 3.8) is 0 Å². The number of fused-ring (bicyclic) bond motifs is 5. The summed E-state index contributed by atoms with van der Waals surface area (Å²) in [5.41, 5.74) is 0.471. The molecular weight excluding hydrogens is 400 g/mol. The molecule has 31 heavy (non-hydrogen) atoms. The van der Waals surface area contributed by atoms with Gasteiger partial charge in [0.1, 0.15) is 6.61 Å². The Balaban J connectivity index is 1.80. The standard InChI is InChI=1S/C24H32O7/c1-14(26)30-13-23(4)19-7-8-24(12-25)17-11-29-10-16(17)5-6-20(24)22(19,3)9-18(28)21(23)31-15(2)27/h10-11,19-21,25H,5-9,12-13H2,1-4H3/t19?,20?,21-,22-,23+,24+/m0/s1. The largest absolute Gasteiger partial charge is 0.472 e. The summed E-state index contributed by atoms with van der Waals surface area (Å²) in [5.74, 6) is -1.04. The third kappa shape index (κ3) is 3.15. The fourth-order valence-corrected chi connectivity index (χ4v) is 7.38. The molecule has 2 saturated carbocycles. The number of aliphatic hydroxyl groups is 1. The van der Waals surface area contributed by atoms with Gasteiger partial charge in [0.2, 0.25) is 0 Å². The maximum absolute atomic E-state index is 13.4. The zero-order valence-electron chi connectivity index (χ0n) is 18.7. The summed E-state index contributed by atoms with van der Waals surface area (Å²) in [6, 6.07) is 0. The van der Waals surface area contributed by atoms with Gasteiger partial charge in [0.15, 0.2) is 11.9 Å². The normalized spacial score (nSPS) is 39.1. The Morgan fingerprint density at radius 2 is 1.90 bits per heavy atom. The van der Waals surface area contributed by atoms with Crippen molar-refractivity contribution in [1.82, 2.24) is 0 Å². The summed E-state index contributed by atoms with van der Waals surface area (Å²) in [5, 5.41) is 10.6. The third-order valence-corrected chi connectivity index (χ3v) is 8.51. The molecule has 2 unspecified atom stereocenters. The van der Waals surface area contributed by atoms with E-state index in [4.69, 9.17) is 13.9 Å². The minimum atomic E-state index is -0.947. The van der Waals surface area contributed by atoms with Crippen LogP contribution < -0.4 is 0 Å². The van der Waals surface area contributed by atoms with Crippen LogP contribution in [-0.2, 0) is 35.7 Å². The van der Waals surface area contributed by atoms with Crippen LogP contribution in [0.15, 0.2) is 16.9 Å². The van der Waals surface area contributed by atoms with Gasteiger partial charge >= 0.3 is 11.9 Å². The van der Waals surface area contributed by atoms with E-state index in [0.717, 1.165) is 36.8 Å². The number of Topliss-reactive ketones (excluding diaryl/α,β-unsaturated/α-hetero) is 1. The summed E-state index contributed by atoms with van der Waals surface area (Å²) < 4.78 is 16.5. The molecule has 0 aromatic carbocycles. The zero-order valence-corrected chi connectivity index (χ0v) is 18.7. The molecule has 0 spiro atoms. The topological polar surface area (TPSA) is 103 Å². The van der Waals surface area contributed by atoms with Gasteiger partial charge in [-0.15, -0.1) is 0 Å². The lowest BCUT2D eigenvalue weighted by atomic mass is 9.39. The summed E-state index contributed by atoms with van der Waals surface area (Å²) in [6.45, 7) is 6.68. The molecule has 0 radical (unpaired) electrons. The summed E-state index contributed by atoms with van der Waals surface area (Å²) >= 11 is 0. The van der Waals surface area contributed by atoms with Crippen LogP contribution in [0, 0.1) is 22.7 Å². The molecule has 0 amide bonds. The van der Waals surface area contributed by atoms with Crippen LogP contribution in [-0.4, -0.2) is 42.1 Å². The van der Waals surface area contributed by atoms with E-state index in [1.54, 1.807) is 12.5 Å². The lowest BCUT2D eigenvalue weighted by Crippen LogP contribution is -2.66. The van der Waals surface area contributed by atoms with E-state index in [9.17, 15) is 19.5 Å². The second-order valence-corrected chi connectivity index (χ2v) is 10.2. The molecule has 1 heterocycles. The molecule has 7 nitrogen and oxygen atoms in total. The number of aliphatic hydroxyl groups excluding tert-OH is 1. The molecule has 6 atom stereocenters. The van der Waals surface area contributed by atoms with Crippen molar-refractivity contribution in [2.24, 2.45) is 22.7 Å². The Hall–Kier alpha value is -2.15. The zero-order chi connectivity index (χ0) is 22.6.